The Bertz CT molecular complexity index is 1370. The first-order chi connectivity index (χ1) is 17.4. The number of amides is 1. The summed E-state index contributed by atoms with van der Waals surface area (Å²) in [6.07, 6.45) is -0.640. The van der Waals surface area contributed by atoms with Crippen LogP contribution in [-0.2, 0) is 4.79 Å². The van der Waals surface area contributed by atoms with E-state index < -0.39 is 6.10 Å². The smallest absolute Gasteiger partial charge is 0.260 e. The van der Waals surface area contributed by atoms with E-state index >= 15 is 0 Å². The van der Waals surface area contributed by atoms with Gasteiger partial charge in [-0.3, -0.25) is 4.79 Å². The van der Waals surface area contributed by atoms with Gasteiger partial charge in [-0.05, 0) is 68.3 Å². The Hall–Kier alpha value is -4.34. The number of nitrogens with zero attached hydrogens (tertiary/aromatic N) is 4. The Balaban J connectivity index is 1.37. The normalized spacial score (nSPS) is 11.7. The fourth-order valence-corrected chi connectivity index (χ4v) is 3.52. The molecule has 10 heteroatoms. The maximum Gasteiger partial charge on any atom is 0.260 e. The Morgan fingerprint density at radius 3 is 2.53 bits per heavy atom. The van der Waals surface area contributed by atoms with Crippen molar-refractivity contribution in [2.45, 2.75) is 26.9 Å². The number of aromatic nitrogens is 4. The number of carbonyl (C=O) groups excluding carboxylic acids is 1. The van der Waals surface area contributed by atoms with Gasteiger partial charge in [0.05, 0.1) is 26.3 Å². The van der Waals surface area contributed by atoms with Crippen molar-refractivity contribution in [1.82, 2.24) is 25.1 Å². The highest BCUT2D eigenvalue weighted by atomic mass is 16.5. The zero-order valence-corrected chi connectivity index (χ0v) is 20.9. The van der Waals surface area contributed by atoms with E-state index in [1.54, 1.807) is 56.0 Å². The van der Waals surface area contributed by atoms with Crippen LogP contribution < -0.4 is 24.3 Å². The predicted octanol–water partition coefficient (Wildman–Crippen LogP) is 3.39. The standard InChI is InChI=1S/C26H29N5O5/c1-16-6-7-20(14-17(16)2)36-18(3)26(32)27-12-13-35-24-11-10-23-28-29-25(31(23)30-24)21-15-19(33-4)8-9-22(21)34-5/h6-11,14-15,18H,12-13H2,1-5H3,(H,27,32). The van der Waals surface area contributed by atoms with Crippen molar-refractivity contribution < 1.29 is 23.7 Å². The number of hydrogen-bond donors (Lipinski definition) is 1. The van der Waals surface area contributed by atoms with E-state index in [2.05, 4.69) is 20.6 Å². The van der Waals surface area contributed by atoms with E-state index in [-0.39, 0.29) is 19.1 Å². The average Bonchev–Trinajstić information content (AvgIpc) is 3.31. The van der Waals surface area contributed by atoms with E-state index in [9.17, 15) is 4.79 Å². The fourth-order valence-electron chi connectivity index (χ4n) is 3.52. The second-order valence-corrected chi connectivity index (χ2v) is 8.18. The molecule has 0 radical (unpaired) electrons. The van der Waals surface area contributed by atoms with Crippen LogP contribution in [0, 0.1) is 13.8 Å². The number of fused-ring (bicyclic) bond motifs is 1. The largest absolute Gasteiger partial charge is 0.497 e. The van der Waals surface area contributed by atoms with Gasteiger partial charge in [-0.2, -0.15) is 4.52 Å². The highest BCUT2D eigenvalue weighted by molar-refractivity contribution is 5.80. The molecule has 0 spiro atoms. The lowest BCUT2D eigenvalue weighted by molar-refractivity contribution is -0.127. The number of nitrogens with one attached hydrogen (secondary N) is 1. The van der Waals surface area contributed by atoms with Crippen molar-refractivity contribution in [1.29, 1.82) is 0 Å². The number of aryl methyl sites for hydroxylation is 2. The summed E-state index contributed by atoms with van der Waals surface area (Å²) in [6.45, 7) is 6.26. The molecule has 1 amide bonds. The summed E-state index contributed by atoms with van der Waals surface area (Å²) in [7, 11) is 3.17. The molecule has 4 aromatic rings. The average molecular weight is 492 g/mol. The molecule has 0 saturated carbocycles. The zero-order chi connectivity index (χ0) is 25.7. The quantitative estimate of drug-likeness (QED) is 0.336. The predicted molar refractivity (Wildman–Crippen MR) is 134 cm³/mol. The highest BCUT2D eigenvalue weighted by Crippen LogP contribution is 2.32. The molecule has 2 aromatic heterocycles. The van der Waals surface area contributed by atoms with Gasteiger partial charge in [-0.15, -0.1) is 15.3 Å². The molecule has 2 heterocycles. The van der Waals surface area contributed by atoms with E-state index in [0.717, 1.165) is 5.56 Å². The number of carbonyl (C=O) groups is 1. The fraction of sp³-hybridized carbons (Fsp3) is 0.308. The summed E-state index contributed by atoms with van der Waals surface area (Å²) in [5.41, 5.74) is 3.51. The van der Waals surface area contributed by atoms with Crippen LogP contribution in [0.5, 0.6) is 23.1 Å². The topological polar surface area (TPSA) is 109 Å². The zero-order valence-electron chi connectivity index (χ0n) is 20.9. The van der Waals surface area contributed by atoms with Crippen molar-refractivity contribution >= 4 is 11.6 Å². The molecule has 0 saturated heterocycles. The van der Waals surface area contributed by atoms with E-state index in [1.165, 1.54) is 5.56 Å². The SMILES string of the molecule is COc1ccc(OC)c(-c2nnc3ccc(OCCNC(=O)C(C)Oc4ccc(C)c(C)c4)nn23)c1. The Kier molecular flexibility index (Phi) is 7.53. The second kappa shape index (κ2) is 10.9. The third-order valence-electron chi connectivity index (χ3n) is 5.70. The van der Waals surface area contributed by atoms with Crippen LogP contribution in [0.15, 0.2) is 48.5 Å². The Morgan fingerprint density at radius 2 is 1.78 bits per heavy atom. The molecule has 4 rings (SSSR count). The van der Waals surface area contributed by atoms with Gasteiger partial charge in [0.15, 0.2) is 17.6 Å². The summed E-state index contributed by atoms with van der Waals surface area (Å²) >= 11 is 0. The third-order valence-corrected chi connectivity index (χ3v) is 5.70. The summed E-state index contributed by atoms with van der Waals surface area (Å²) in [4.78, 5) is 12.4. The minimum absolute atomic E-state index is 0.223. The van der Waals surface area contributed by atoms with Crippen molar-refractivity contribution in [3.63, 3.8) is 0 Å². The van der Waals surface area contributed by atoms with Gasteiger partial charge in [0.1, 0.15) is 23.9 Å². The lowest BCUT2D eigenvalue weighted by Gasteiger charge is -2.15. The summed E-state index contributed by atoms with van der Waals surface area (Å²) < 4.78 is 23.9. The van der Waals surface area contributed by atoms with Gasteiger partial charge in [0.25, 0.3) is 5.91 Å². The summed E-state index contributed by atoms with van der Waals surface area (Å²) in [5.74, 6) is 2.54. The van der Waals surface area contributed by atoms with Crippen LogP contribution in [0.1, 0.15) is 18.1 Å². The minimum Gasteiger partial charge on any atom is -0.497 e. The molecular weight excluding hydrogens is 462 g/mol. The Labute approximate surface area is 209 Å². The first kappa shape index (κ1) is 24.8. The molecule has 0 aliphatic rings. The van der Waals surface area contributed by atoms with E-state index in [4.69, 9.17) is 18.9 Å². The van der Waals surface area contributed by atoms with Crippen LogP contribution in [0.25, 0.3) is 17.0 Å². The van der Waals surface area contributed by atoms with Crippen molar-refractivity contribution in [2.75, 3.05) is 27.4 Å². The van der Waals surface area contributed by atoms with Crippen LogP contribution in [0.2, 0.25) is 0 Å². The first-order valence-corrected chi connectivity index (χ1v) is 11.5. The number of rotatable bonds is 10. The molecule has 1 unspecified atom stereocenters. The second-order valence-electron chi connectivity index (χ2n) is 8.18. The van der Waals surface area contributed by atoms with Gasteiger partial charge in [0.2, 0.25) is 5.88 Å². The molecule has 0 aliphatic heterocycles. The molecule has 188 valence electrons. The molecule has 10 nitrogen and oxygen atoms in total. The number of ether oxygens (including phenoxy) is 4. The molecule has 36 heavy (non-hydrogen) atoms. The molecule has 0 bridgehead atoms. The van der Waals surface area contributed by atoms with Gasteiger partial charge in [-0.1, -0.05) is 6.07 Å². The minimum atomic E-state index is -0.640. The molecule has 1 N–H and O–H groups in total. The molecule has 0 fully saturated rings. The molecule has 2 aromatic carbocycles. The van der Waals surface area contributed by atoms with Crippen LogP contribution in [0.3, 0.4) is 0 Å². The lowest BCUT2D eigenvalue weighted by Crippen LogP contribution is -2.38. The van der Waals surface area contributed by atoms with Crippen molar-refractivity contribution in [3.05, 3.63) is 59.7 Å². The number of methoxy groups -OCH3 is 2. The third kappa shape index (κ3) is 5.48. The Morgan fingerprint density at radius 1 is 0.972 bits per heavy atom. The van der Waals surface area contributed by atoms with Gasteiger partial charge in [0, 0.05) is 6.07 Å². The van der Waals surface area contributed by atoms with Gasteiger partial charge >= 0.3 is 0 Å². The lowest BCUT2D eigenvalue weighted by atomic mass is 10.1. The monoisotopic (exact) mass is 491 g/mol. The maximum atomic E-state index is 12.4. The highest BCUT2D eigenvalue weighted by Gasteiger charge is 2.17. The first-order valence-electron chi connectivity index (χ1n) is 11.5. The van der Waals surface area contributed by atoms with Crippen molar-refractivity contribution in [2.24, 2.45) is 0 Å². The molecule has 0 aliphatic carbocycles. The molecule has 1 atom stereocenters. The van der Waals surface area contributed by atoms with Gasteiger partial charge < -0.3 is 24.3 Å². The van der Waals surface area contributed by atoms with Crippen LogP contribution in [-0.4, -0.2) is 59.2 Å². The number of benzene rings is 2. The van der Waals surface area contributed by atoms with E-state index in [1.807, 2.05) is 32.0 Å². The number of hydrogen-bond acceptors (Lipinski definition) is 8. The van der Waals surface area contributed by atoms with Crippen LogP contribution >= 0.6 is 0 Å². The van der Waals surface area contributed by atoms with Crippen LogP contribution in [0.4, 0.5) is 0 Å². The summed E-state index contributed by atoms with van der Waals surface area (Å²) in [5, 5.41) is 15.8. The van der Waals surface area contributed by atoms with E-state index in [0.29, 0.717) is 40.2 Å². The maximum absolute atomic E-state index is 12.4. The summed E-state index contributed by atoms with van der Waals surface area (Å²) in [6, 6.07) is 14.6. The molecular formula is C26H29N5O5. The van der Waals surface area contributed by atoms with Crippen molar-refractivity contribution in [3.8, 4) is 34.5 Å². The van der Waals surface area contributed by atoms with Gasteiger partial charge in [-0.25, -0.2) is 0 Å².